The summed E-state index contributed by atoms with van der Waals surface area (Å²) < 4.78 is 0. The number of rotatable bonds is 3. The molecule has 88 valence electrons. The third-order valence-corrected chi connectivity index (χ3v) is 2.40. The normalized spacial score (nSPS) is 11.5. The van der Waals surface area contributed by atoms with Crippen molar-refractivity contribution >= 4 is 5.69 Å². The third kappa shape index (κ3) is 2.15. The second-order valence-corrected chi connectivity index (χ2v) is 3.48. The van der Waals surface area contributed by atoms with Crippen LogP contribution in [0.2, 0.25) is 0 Å². The lowest BCUT2D eigenvalue weighted by molar-refractivity contribution is -0.386. The van der Waals surface area contributed by atoms with Crippen LogP contribution in [0, 0.1) is 21.4 Å². The van der Waals surface area contributed by atoms with E-state index in [1.54, 1.807) is 18.2 Å². The highest BCUT2D eigenvalue weighted by Gasteiger charge is 2.25. The minimum absolute atomic E-state index is 0.115. The fourth-order valence-electron chi connectivity index (χ4n) is 1.60. The molecule has 0 spiro atoms. The Kier molecular flexibility index (Phi) is 3.25. The van der Waals surface area contributed by atoms with Gasteiger partial charge in [-0.2, -0.15) is 5.26 Å². The van der Waals surface area contributed by atoms with Crippen LogP contribution >= 0.6 is 0 Å². The van der Waals surface area contributed by atoms with E-state index in [0.717, 1.165) is 0 Å². The zero-order valence-electron chi connectivity index (χ0n) is 9.22. The number of pyridine rings is 2. The number of nitrogens with zero attached hydrogens (tertiary/aromatic N) is 4. The largest absolute Gasteiger partial charge is 0.292 e. The predicted molar refractivity (Wildman–Crippen MR) is 62.6 cm³/mol. The summed E-state index contributed by atoms with van der Waals surface area (Å²) in [6, 6.07) is 9.88. The van der Waals surface area contributed by atoms with Gasteiger partial charge < -0.3 is 0 Å². The molecule has 0 unspecified atom stereocenters. The van der Waals surface area contributed by atoms with Crippen molar-refractivity contribution in [3.8, 4) is 6.07 Å². The van der Waals surface area contributed by atoms with Gasteiger partial charge in [0, 0.05) is 18.5 Å². The van der Waals surface area contributed by atoms with Gasteiger partial charge in [0.05, 0.1) is 16.7 Å². The van der Waals surface area contributed by atoms with Crippen molar-refractivity contribution in [2.45, 2.75) is 5.92 Å². The molecule has 0 radical (unpaired) electrons. The molecule has 0 aliphatic carbocycles. The van der Waals surface area contributed by atoms with Crippen LogP contribution in [0.3, 0.4) is 0 Å². The van der Waals surface area contributed by atoms with Crippen LogP contribution in [0.15, 0.2) is 42.7 Å². The molecule has 0 aliphatic heterocycles. The van der Waals surface area contributed by atoms with Gasteiger partial charge in [0.25, 0.3) is 5.69 Å². The minimum atomic E-state index is -0.840. The predicted octanol–water partition coefficient (Wildman–Crippen LogP) is 2.04. The molecule has 0 aromatic carbocycles. The van der Waals surface area contributed by atoms with E-state index in [9.17, 15) is 15.4 Å². The van der Waals surface area contributed by atoms with Gasteiger partial charge in [-0.1, -0.05) is 6.07 Å². The first-order valence-electron chi connectivity index (χ1n) is 5.14. The Labute approximate surface area is 103 Å². The van der Waals surface area contributed by atoms with Gasteiger partial charge in [-0.25, -0.2) is 0 Å². The van der Waals surface area contributed by atoms with Gasteiger partial charge in [0.2, 0.25) is 0 Å². The fraction of sp³-hybridized carbons (Fsp3) is 0.0833. The lowest BCUT2D eigenvalue weighted by atomic mass is 10.0. The average molecular weight is 240 g/mol. The van der Waals surface area contributed by atoms with Crippen LogP contribution in [0.4, 0.5) is 5.69 Å². The molecule has 6 heteroatoms. The van der Waals surface area contributed by atoms with Crippen LogP contribution in [0.1, 0.15) is 17.3 Å². The molecule has 2 rings (SSSR count). The molecule has 0 N–H and O–H groups in total. The van der Waals surface area contributed by atoms with E-state index in [4.69, 9.17) is 0 Å². The molecular weight excluding hydrogens is 232 g/mol. The number of nitro groups is 1. The summed E-state index contributed by atoms with van der Waals surface area (Å²) in [6.07, 6.45) is 2.96. The first kappa shape index (κ1) is 11.7. The van der Waals surface area contributed by atoms with Crippen LogP contribution < -0.4 is 0 Å². The van der Waals surface area contributed by atoms with Gasteiger partial charge in [0.15, 0.2) is 0 Å². The van der Waals surface area contributed by atoms with Gasteiger partial charge >= 0.3 is 0 Å². The molecule has 6 nitrogen and oxygen atoms in total. The molecule has 18 heavy (non-hydrogen) atoms. The lowest BCUT2D eigenvalue weighted by Crippen LogP contribution is -2.06. The first-order chi connectivity index (χ1) is 8.74. The Hall–Kier alpha value is -2.81. The smallest absolute Gasteiger partial charge is 0.259 e. The number of hydrogen-bond donors (Lipinski definition) is 0. The van der Waals surface area contributed by atoms with Gasteiger partial charge in [-0.15, -0.1) is 0 Å². The fourth-order valence-corrected chi connectivity index (χ4v) is 1.60. The van der Waals surface area contributed by atoms with Crippen LogP contribution in [0.25, 0.3) is 0 Å². The quantitative estimate of drug-likeness (QED) is 0.604. The number of aromatic nitrogens is 2. The van der Waals surface area contributed by atoms with Gasteiger partial charge in [-0.05, 0) is 18.2 Å². The topological polar surface area (TPSA) is 92.7 Å². The highest BCUT2D eigenvalue weighted by molar-refractivity contribution is 5.43. The molecule has 2 heterocycles. The van der Waals surface area contributed by atoms with E-state index in [1.807, 2.05) is 6.07 Å². The Bertz CT molecular complexity index is 607. The molecule has 0 bridgehead atoms. The second kappa shape index (κ2) is 5.01. The Morgan fingerprint density at radius 2 is 2.00 bits per heavy atom. The third-order valence-electron chi connectivity index (χ3n) is 2.40. The maximum Gasteiger partial charge on any atom is 0.292 e. The summed E-state index contributed by atoms with van der Waals surface area (Å²) in [4.78, 5) is 18.3. The molecular formula is C12H8N4O2. The van der Waals surface area contributed by atoms with E-state index in [0.29, 0.717) is 5.69 Å². The molecule has 0 saturated heterocycles. The zero-order valence-corrected chi connectivity index (χ0v) is 9.22. The van der Waals surface area contributed by atoms with Crippen LogP contribution in [-0.4, -0.2) is 14.9 Å². The standard InChI is InChI=1S/C12H8N4O2/c13-8-9(10-4-1-2-6-14-10)12-11(16(17)18)5-3-7-15-12/h1-7,9H/t9-/m1/s1. The van der Waals surface area contributed by atoms with Crippen LogP contribution in [-0.2, 0) is 0 Å². The molecule has 0 fully saturated rings. The zero-order chi connectivity index (χ0) is 13.0. The summed E-state index contributed by atoms with van der Waals surface area (Å²) in [5.74, 6) is -0.840. The minimum Gasteiger partial charge on any atom is -0.259 e. The summed E-state index contributed by atoms with van der Waals surface area (Å²) in [7, 11) is 0. The second-order valence-electron chi connectivity index (χ2n) is 3.48. The number of nitriles is 1. The average Bonchev–Trinajstić information content (AvgIpc) is 2.41. The monoisotopic (exact) mass is 240 g/mol. The maximum atomic E-state index is 10.9. The highest BCUT2D eigenvalue weighted by atomic mass is 16.6. The Morgan fingerprint density at radius 1 is 1.22 bits per heavy atom. The molecule has 0 amide bonds. The van der Waals surface area contributed by atoms with Crippen molar-refractivity contribution in [3.05, 3.63) is 64.2 Å². The number of hydrogen-bond acceptors (Lipinski definition) is 5. The SMILES string of the molecule is N#C[C@H](c1ccccn1)c1ncccc1[N+](=O)[O-]. The van der Waals surface area contributed by atoms with E-state index in [1.165, 1.54) is 24.5 Å². The van der Waals surface area contributed by atoms with E-state index < -0.39 is 10.8 Å². The van der Waals surface area contributed by atoms with Crippen molar-refractivity contribution in [3.63, 3.8) is 0 Å². The van der Waals surface area contributed by atoms with Crippen molar-refractivity contribution in [2.24, 2.45) is 0 Å². The van der Waals surface area contributed by atoms with Gasteiger partial charge in [-0.3, -0.25) is 20.1 Å². The lowest BCUT2D eigenvalue weighted by Gasteiger charge is -2.07. The van der Waals surface area contributed by atoms with E-state index >= 15 is 0 Å². The highest BCUT2D eigenvalue weighted by Crippen LogP contribution is 2.27. The van der Waals surface area contributed by atoms with Crippen molar-refractivity contribution in [1.82, 2.24) is 9.97 Å². The molecule has 1 atom stereocenters. The maximum absolute atomic E-state index is 10.9. The molecule has 0 aliphatic rings. The molecule has 0 saturated carbocycles. The van der Waals surface area contributed by atoms with Crippen molar-refractivity contribution < 1.29 is 4.92 Å². The summed E-state index contributed by atoms with van der Waals surface area (Å²) >= 11 is 0. The summed E-state index contributed by atoms with van der Waals surface area (Å²) in [5, 5.41) is 20.1. The molecule has 2 aromatic rings. The Balaban J connectivity index is 2.54. The van der Waals surface area contributed by atoms with E-state index in [-0.39, 0.29) is 11.4 Å². The molecule has 2 aromatic heterocycles. The van der Waals surface area contributed by atoms with Crippen molar-refractivity contribution in [2.75, 3.05) is 0 Å². The van der Waals surface area contributed by atoms with E-state index in [2.05, 4.69) is 9.97 Å². The Morgan fingerprint density at radius 3 is 2.61 bits per heavy atom. The first-order valence-corrected chi connectivity index (χ1v) is 5.14. The summed E-state index contributed by atoms with van der Waals surface area (Å²) in [5.41, 5.74) is 0.389. The van der Waals surface area contributed by atoms with Crippen molar-refractivity contribution in [1.29, 1.82) is 5.26 Å². The van der Waals surface area contributed by atoms with Gasteiger partial charge in [0.1, 0.15) is 11.6 Å². The van der Waals surface area contributed by atoms with Crippen LogP contribution in [0.5, 0.6) is 0 Å². The summed E-state index contributed by atoms with van der Waals surface area (Å²) in [6.45, 7) is 0.